The van der Waals surface area contributed by atoms with Crippen molar-refractivity contribution in [2.75, 3.05) is 5.32 Å². The van der Waals surface area contributed by atoms with Crippen molar-refractivity contribution in [2.45, 2.75) is 18.3 Å². The molecule has 3 heterocycles. The smallest absolute Gasteiger partial charge is 0.236 e. The molecule has 5 rings (SSSR count). The highest BCUT2D eigenvalue weighted by atomic mass is 32.1. The van der Waals surface area contributed by atoms with Crippen LogP contribution in [0.15, 0.2) is 58.7 Å². The van der Waals surface area contributed by atoms with E-state index in [-0.39, 0.29) is 5.91 Å². The molecule has 134 valence electrons. The molecule has 9 heteroatoms. The molecule has 1 aromatic carbocycles. The van der Waals surface area contributed by atoms with Crippen molar-refractivity contribution >= 4 is 22.9 Å². The van der Waals surface area contributed by atoms with Crippen LogP contribution in [0.2, 0.25) is 0 Å². The van der Waals surface area contributed by atoms with Crippen LogP contribution in [0.5, 0.6) is 0 Å². The number of thiophene rings is 1. The monoisotopic (exact) mass is 378 g/mol. The molecule has 0 atom stereocenters. The van der Waals surface area contributed by atoms with Crippen molar-refractivity contribution in [1.82, 2.24) is 25.4 Å². The lowest BCUT2D eigenvalue weighted by Gasteiger charge is -2.12. The molecule has 4 aromatic rings. The van der Waals surface area contributed by atoms with E-state index >= 15 is 0 Å². The van der Waals surface area contributed by atoms with Gasteiger partial charge in [0.05, 0.1) is 21.7 Å². The Kier molecular flexibility index (Phi) is 3.61. The summed E-state index contributed by atoms with van der Waals surface area (Å²) in [6.45, 7) is 0. The molecular weight excluding hydrogens is 364 g/mol. The lowest BCUT2D eigenvalue weighted by atomic mass is 10.0. The number of aromatic nitrogens is 5. The summed E-state index contributed by atoms with van der Waals surface area (Å²) in [5, 5.41) is 20.2. The highest BCUT2D eigenvalue weighted by molar-refractivity contribution is 7.13. The topological polar surface area (TPSA) is 98.7 Å². The van der Waals surface area contributed by atoms with Gasteiger partial charge in [-0.2, -0.15) is 0 Å². The van der Waals surface area contributed by atoms with E-state index in [1.54, 1.807) is 16.0 Å². The standard InChI is InChI=1S/C18H14N6O2S/c25-17(20-12-3-5-13(6-4-12)24-11-19-22-23-24)18(7-8-18)16-10-14(26-21-16)15-2-1-9-27-15/h1-6,9-11H,7-8H2,(H,20,25). The first-order valence-electron chi connectivity index (χ1n) is 8.41. The third-order valence-corrected chi connectivity index (χ3v) is 5.57. The number of nitrogens with one attached hydrogen (secondary N) is 1. The van der Waals surface area contributed by atoms with Gasteiger partial charge in [-0.25, -0.2) is 4.68 Å². The number of hydrogen-bond donors (Lipinski definition) is 1. The van der Waals surface area contributed by atoms with E-state index < -0.39 is 5.41 Å². The number of anilines is 1. The van der Waals surface area contributed by atoms with Crippen LogP contribution in [0.1, 0.15) is 18.5 Å². The van der Waals surface area contributed by atoms with Gasteiger partial charge in [0.1, 0.15) is 6.33 Å². The number of carbonyl (C=O) groups excluding carboxylic acids is 1. The Hall–Kier alpha value is -3.33. The van der Waals surface area contributed by atoms with Crippen LogP contribution in [0, 0.1) is 0 Å². The highest BCUT2D eigenvalue weighted by Gasteiger charge is 2.53. The third kappa shape index (κ3) is 2.81. The fourth-order valence-corrected chi connectivity index (χ4v) is 3.66. The van der Waals surface area contributed by atoms with E-state index in [9.17, 15) is 4.79 Å². The molecule has 27 heavy (non-hydrogen) atoms. The molecule has 1 saturated carbocycles. The van der Waals surface area contributed by atoms with E-state index in [0.29, 0.717) is 17.1 Å². The van der Waals surface area contributed by atoms with Gasteiger partial charge in [-0.3, -0.25) is 4.79 Å². The van der Waals surface area contributed by atoms with Gasteiger partial charge in [-0.05, 0) is 59.0 Å². The SMILES string of the molecule is O=C(Nc1ccc(-n2cnnn2)cc1)C1(c2cc(-c3cccs3)on2)CC1. The second-order valence-corrected chi connectivity index (χ2v) is 7.34. The molecule has 1 amide bonds. The summed E-state index contributed by atoms with van der Waals surface area (Å²) in [7, 11) is 0. The normalized spacial score (nSPS) is 14.8. The van der Waals surface area contributed by atoms with Crippen molar-refractivity contribution in [3.8, 4) is 16.3 Å². The summed E-state index contributed by atoms with van der Waals surface area (Å²) in [4.78, 5) is 13.9. The number of rotatable bonds is 5. The van der Waals surface area contributed by atoms with Gasteiger partial charge in [-0.1, -0.05) is 11.2 Å². The molecular formula is C18H14N6O2S. The van der Waals surface area contributed by atoms with Gasteiger partial charge in [-0.15, -0.1) is 16.4 Å². The van der Waals surface area contributed by atoms with Gasteiger partial charge in [0.2, 0.25) is 5.91 Å². The Morgan fingerprint density at radius 2 is 2.07 bits per heavy atom. The van der Waals surface area contributed by atoms with Crippen LogP contribution in [-0.4, -0.2) is 31.3 Å². The molecule has 0 unspecified atom stereocenters. The molecule has 0 aliphatic heterocycles. The van der Waals surface area contributed by atoms with Gasteiger partial charge in [0, 0.05) is 11.8 Å². The minimum atomic E-state index is -0.604. The van der Waals surface area contributed by atoms with Gasteiger partial charge >= 0.3 is 0 Å². The summed E-state index contributed by atoms with van der Waals surface area (Å²) >= 11 is 1.58. The fourth-order valence-electron chi connectivity index (χ4n) is 2.99. The summed E-state index contributed by atoms with van der Waals surface area (Å²) in [5.74, 6) is 0.633. The zero-order valence-electron chi connectivity index (χ0n) is 14.1. The number of carbonyl (C=O) groups is 1. The highest BCUT2D eigenvalue weighted by Crippen LogP contribution is 2.49. The molecule has 1 aliphatic carbocycles. The first-order valence-corrected chi connectivity index (χ1v) is 9.29. The van der Waals surface area contributed by atoms with Crippen molar-refractivity contribution in [2.24, 2.45) is 0 Å². The van der Waals surface area contributed by atoms with E-state index in [2.05, 4.69) is 26.0 Å². The molecule has 0 spiro atoms. The zero-order valence-corrected chi connectivity index (χ0v) is 14.9. The summed E-state index contributed by atoms with van der Waals surface area (Å²) in [5.41, 5.74) is 1.61. The van der Waals surface area contributed by atoms with Crippen molar-refractivity contribution in [3.05, 3.63) is 59.9 Å². The van der Waals surface area contributed by atoms with Crippen LogP contribution < -0.4 is 5.32 Å². The Morgan fingerprint density at radius 3 is 2.74 bits per heavy atom. The van der Waals surface area contributed by atoms with Crippen LogP contribution in [0.25, 0.3) is 16.3 Å². The molecule has 1 N–H and O–H groups in total. The van der Waals surface area contributed by atoms with E-state index in [4.69, 9.17) is 4.52 Å². The quantitative estimate of drug-likeness (QED) is 0.573. The summed E-state index contributed by atoms with van der Waals surface area (Å²) in [6, 6.07) is 13.1. The molecule has 0 saturated heterocycles. The van der Waals surface area contributed by atoms with E-state index in [1.807, 2.05) is 47.8 Å². The molecule has 0 bridgehead atoms. The van der Waals surface area contributed by atoms with Crippen LogP contribution >= 0.6 is 11.3 Å². The number of benzene rings is 1. The number of amides is 1. The molecule has 0 radical (unpaired) electrons. The second-order valence-electron chi connectivity index (χ2n) is 6.39. The lowest BCUT2D eigenvalue weighted by molar-refractivity contribution is -0.118. The molecule has 1 fully saturated rings. The largest absolute Gasteiger partial charge is 0.355 e. The lowest BCUT2D eigenvalue weighted by Crippen LogP contribution is -2.28. The number of tetrazole rings is 1. The third-order valence-electron chi connectivity index (χ3n) is 4.69. The summed E-state index contributed by atoms with van der Waals surface area (Å²) in [6.07, 6.45) is 3.04. The molecule has 3 aromatic heterocycles. The first kappa shape index (κ1) is 15.9. The minimum Gasteiger partial charge on any atom is -0.355 e. The van der Waals surface area contributed by atoms with Crippen LogP contribution in [-0.2, 0) is 10.2 Å². The Balaban J connectivity index is 1.33. The van der Waals surface area contributed by atoms with Gasteiger partial charge in [0.15, 0.2) is 5.76 Å². The average Bonchev–Trinajstić information content (AvgIpc) is 3.17. The Labute approximate surface area is 157 Å². The van der Waals surface area contributed by atoms with E-state index in [0.717, 1.165) is 23.4 Å². The van der Waals surface area contributed by atoms with Crippen molar-refractivity contribution in [1.29, 1.82) is 0 Å². The maximum absolute atomic E-state index is 12.9. The minimum absolute atomic E-state index is 0.0660. The zero-order chi connectivity index (χ0) is 18.3. The fraction of sp³-hybridized carbons (Fsp3) is 0.167. The Morgan fingerprint density at radius 1 is 1.22 bits per heavy atom. The van der Waals surface area contributed by atoms with Gasteiger partial charge in [0.25, 0.3) is 0 Å². The van der Waals surface area contributed by atoms with Crippen molar-refractivity contribution in [3.63, 3.8) is 0 Å². The maximum Gasteiger partial charge on any atom is 0.236 e. The molecule has 1 aliphatic rings. The van der Waals surface area contributed by atoms with Crippen molar-refractivity contribution < 1.29 is 9.32 Å². The van der Waals surface area contributed by atoms with Crippen LogP contribution in [0.4, 0.5) is 5.69 Å². The Bertz CT molecular complexity index is 1070. The average molecular weight is 378 g/mol. The predicted octanol–water partition coefficient (Wildman–Crippen LogP) is 3.05. The number of hydrogen-bond acceptors (Lipinski definition) is 7. The predicted molar refractivity (Wildman–Crippen MR) is 98.5 cm³/mol. The second kappa shape index (κ2) is 6.13. The van der Waals surface area contributed by atoms with E-state index in [1.165, 1.54) is 6.33 Å². The van der Waals surface area contributed by atoms with Crippen LogP contribution in [0.3, 0.4) is 0 Å². The summed E-state index contributed by atoms with van der Waals surface area (Å²) < 4.78 is 7.00. The van der Waals surface area contributed by atoms with Gasteiger partial charge < -0.3 is 9.84 Å². The first-order chi connectivity index (χ1) is 13.2. The maximum atomic E-state index is 12.9. The molecule has 8 nitrogen and oxygen atoms in total. The number of nitrogens with zero attached hydrogens (tertiary/aromatic N) is 5.